The van der Waals surface area contributed by atoms with Crippen molar-refractivity contribution in [2.45, 2.75) is 58.4 Å². The molecule has 1 heterocycles. The van der Waals surface area contributed by atoms with Crippen molar-refractivity contribution in [2.24, 2.45) is 11.3 Å². The van der Waals surface area contributed by atoms with Gasteiger partial charge in [-0.05, 0) is 63.5 Å². The monoisotopic (exact) mass is 288 g/mol. The van der Waals surface area contributed by atoms with E-state index in [4.69, 9.17) is 0 Å². The molecule has 1 saturated carbocycles. The molecule has 1 saturated heterocycles. The van der Waals surface area contributed by atoms with Crippen LogP contribution in [0.25, 0.3) is 0 Å². The maximum atomic E-state index is 12.2. The molecule has 0 radical (unpaired) electrons. The topological polar surface area (TPSA) is 32.3 Å². The number of halogens is 1. The molecule has 19 heavy (non-hydrogen) atoms. The van der Waals surface area contributed by atoms with Gasteiger partial charge in [0.25, 0.3) is 0 Å². The molecule has 4 heteroatoms. The van der Waals surface area contributed by atoms with Gasteiger partial charge in [-0.25, -0.2) is 0 Å². The fourth-order valence-electron chi connectivity index (χ4n) is 2.97. The molecular weight excluding hydrogens is 260 g/mol. The van der Waals surface area contributed by atoms with Crippen LogP contribution in [0.15, 0.2) is 0 Å². The van der Waals surface area contributed by atoms with Crippen molar-refractivity contribution in [3.8, 4) is 0 Å². The summed E-state index contributed by atoms with van der Waals surface area (Å²) < 4.78 is 0. The van der Waals surface area contributed by atoms with Gasteiger partial charge >= 0.3 is 0 Å². The van der Waals surface area contributed by atoms with E-state index in [-0.39, 0.29) is 12.4 Å². The van der Waals surface area contributed by atoms with E-state index in [2.05, 4.69) is 19.2 Å². The molecule has 1 aliphatic carbocycles. The van der Waals surface area contributed by atoms with Gasteiger partial charge in [0.2, 0.25) is 5.91 Å². The van der Waals surface area contributed by atoms with Crippen molar-refractivity contribution in [2.75, 3.05) is 20.1 Å². The summed E-state index contributed by atoms with van der Waals surface area (Å²) in [6.07, 6.45) is 6.85. The van der Waals surface area contributed by atoms with Gasteiger partial charge in [-0.3, -0.25) is 4.79 Å². The molecule has 112 valence electrons. The Hall–Kier alpha value is -0.280. The molecule has 3 nitrogen and oxygen atoms in total. The zero-order chi connectivity index (χ0) is 13.2. The summed E-state index contributed by atoms with van der Waals surface area (Å²) in [7, 11) is 1.99. The lowest BCUT2D eigenvalue weighted by Gasteiger charge is -2.31. The van der Waals surface area contributed by atoms with Crippen LogP contribution in [-0.2, 0) is 4.79 Å². The Bertz CT molecular complexity index is 299. The molecule has 1 N–H and O–H groups in total. The summed E-state index contributed by atoms with van der Waals surface area (Å²) in [6.45, 7) is 6.76. The third-order valence-electron chi connectivity index (χ3n) is 5.25. The predicted molar refractivity (Wildman–Crippen MR) is 81.6 cm³/mol. The van der Waals surface area contributed by atoms with Crippen molar-refractivity contribution in [3.63, 3.8) is 0 Å². The molecule has 1 amide bonds. The van der Waals surface area contributed by atoms with Gasteiger partial charge in [-0.15, -0.1) is 12.4 Å². The molecule has 2 rings (SSSR count). The van der Waals surface area contributed by atoms with Crippen LogP contribution < -0.4 is 5.32 Å². The minimum Gasteiger partial charge on any atom is -0.343 e. The Morgan fingerprint density at radius 1 is 1.37 bits per heavy atom. The van der Waals surface area contributed by atoms with Crippen LogP contribution in [0.4, 0.5) is 0 Å². The van der Waals surface area contributed by atoms with E-state index >= 15 is 0 Å². The first-order valence-corrected chi connectivity index (χ1v) is 7.49. The van der Waals surface area contributed by atoms with Crippen molar-refractivity contribution < 1.29 is 4.79 Å². The van der Waals surface area contributed by atoms with E-state index in [1.54, 1.807) is 0 Å². The highest BCUT2D eigenvalue weighted by molar-refractivity contribution is 5.85. The average molecular weight is 289 g/mol. The second-order valence-corrected chi connectivity index (χ2v) is 6.57. The first kappa shape index (κ1) is 16.8. The second kappa shape index (κ2) is 6.94. The average Bonchev–Trinajstić information content (AvgIpc) is 3.14. The summed E-state index contributed by atoms with van der Waals surface area (Å²) in [5, 5.41) is 3.38. The van der Waals surface area contributed by atoms with Crippen molar-refractivity contribution in [1.29, 1.82) is 0 Å². The van der Waals surface area contributed by atoms with Gasteiger partial charge in [0.05, 0.1) is 0 Å². The number of amides is 1. The highest BCUT2D eigenvalue weighted by Crippen LogP contribution is 2.49. The summed E-state index contributed by atoms with van der Waals surface area (Å²) >= 11 is 0. The van der Waals surface area contributed by atoms with Crippen LogP contribution in [-0.4, -0.2) is 37.0 Å². The zero-order valence-corrected chi connectivity index (χ0v) is 13.4. The third kappa shape index (κ3) is 4.35. The summed E-state index contributed by atoms with van der Waals surface area (Å²) in [5.74, 6) is 1.10. The molecule has 0 spiro atoms. The lowest BCUT2D eigenvalue weighted by molar-refractivity contribution is -0.133. The Morgan fingerprint density at radius 2 is 1.95 bits per heavy atom. The molecule has 0 bridgehead atoms. The maximum absolute atomic E-state index is 12.2. The molecular formula is C15H29ClN2O. The van der Waals surface area contributed by atoms with E-state index < -0.39 is 0 Å². The smallest absolute Gasteiger partial charge is 0.222 e. The molecule has 0 aromatic rings. The van der Waals surface area contributed by atoms with Gasteiger partial charge in [0, 0.05) is 19.5 Å². The number of rotatable bonds is 5. The molecule has 2 fully saturated rings. The van der Waals surface area contributed by atoms with Gasteiger partial charge in [-0.1, -0.05) is 6.92 Å². The van der Waals surface area contributed by atoms with Crippen LogP contribution >= 0.6 is 12.4 Å². The molecule has 0 aromatic carbocycles. The maximum Gasteiger partial charge on any atom is 0.222 e. The lowest BCUT2D eigenvalue weighted by Crippen LogP contribution is -2.40. The number of nitrogens with zero attached hydrogens (tertiary/aromatic N) is 1. The van der Waals surface area contributed by atoms with Crippen LogP contribution in [0.1, 0.15) is 52.4 Å². The molecule has 2 aliphatic rings. The first-order chi connectivity index (χ1) is 8.53. The number of carbonyl (C=O) groups excluding carboxylic acids is 1. The minimum absolute atomic E-state index is 0. The van der Waals surface area contributed by atoms with Gasteiger partial charge in [-0.2, -0.15) is 0 Å². The zero-order valence-electron chi connectivity index (χ0n) is 12.6. The van der Waals surface area contributed by atoms with E-state index in [1.165, 1.54) is 25.7 Å². The van der Waals surface area contributed by atoms with Crippen LogP contribution in [0, 0.1) is 11.3 Å². The standard InChI is InChI=1S/C15H28N2O.ClH/c1-12(15(2)8-9-15)17(3)14(18)5-4-13-6-10-16-11-7-13;/h12-13,16H,4-11H2,1-3H3;1H. The Labute approximate surface area is 123 Å². The first-order valence-electron chi connectivity index (χ1n) is 7.49. The molecule has 1 aliphatic heterocycles. The van der Waals surface area contributed by atoms with E-state index in [1.807, 2.05) is 11.9 Å². The quantitative estimate of drug-likeness (QED) is 0.844. The van der Waals surface area contributed by atoms with Crippen molar-refractivity contribution in [3.05, 3.63) is 0 Å². The fourth-order valence-corrected chi connectivity index (χ4v) is 2.97. The largest absolute Gasteiger partial charge is 0.343 e. The molecule has 0 aromatic heterocycles. The number of carbonyl (C=O) groups is 1. The van der Waals surface area contributed by atoms with E-state index in [0.29, 0.717) is 17.4 Å². The number of nitrogens with one attached hydrogen (secondary N) is 1. The highest BCUT2D eigenvalue weighted by atomic mass is 35.5. The molecule has 1 atom stereocenters. The normalized spacial score (nSPS) is 23.3. The number of hydrogen-bond donors (Lipinski definition) is 1. The Kier molecular flexibility index (Phi) is 6.13. The number of piperidine rings is 1. The van der Waals surface area contributed by atoms with Crippen molar-refractivity contribution >= 4 is 18.3 Å². The predicted octanol–water partition coefficient (Wildman–Crippen LogP) is 2.84. The molecule has 1 unspecified atom stereocenters. The fraction of sp³-hybridized carbons (Fsp3) is 0.933. The van der Waals surface area contributed by atoms with Crippen LogP contribution in [0.3, 0.4) is 0 Å². The lowest BCUT2D eigenvalue weighted by atomic mass is 9.92. The third-order valence-corrected chi connectivity index (χ3v) is 5.25. The van der Waals surface area contributed by atoms with Crippen LogP contribution in [0.5, 0.6) is 0 Å². The SMILES string of the molecule is CC(N(C)C(=O)CCC1CCNCC1)C1(C)CC1.Cl. The Morgan fingerprint density at radius 3 is 2.47 bits per heavy atom. The summed E-state index contributed by atoms with van der Waals surface area (Å²) in [4.78, 5) is 14.2. The highest BCUT2D eigenvalue weighted by Gasteiger charge is 2.45. The van der Waals surface area contributed by atoms with Gasteiger partial charge in [0.15, 0.2) is 0 Å². The minimum atomic E-state index is 0. The summed E-state index contributed by atoms with van der Waals surface area (Å²) in [6, 6.07) is 0.401. The van der Waals surface area contributed by atoms with Gasteiger partial charge in [0.1, 0.15) is 0 Å². The van der Waals surface area contributed by atoms with E-state index in [9.17, 15) is 4.79 Å². The summed E-state index contributed by atoms with van der Waals surface area (Å²) in [5.41, 5.74) is 0.402. The van der Waals surface area contributed by atoms with Gasteiger partial charge < -0.3 is 10.2 Å². The van der Waals surface area contributed by atoms with Crippen molar-refractivity contribution in [1.82, 2.24) is 10.2 Å². The Balaban J connectivity index is 0.00000180. The number of hydrogen-bond acceptors (Lipinski definition) is 2. The van der Waals surface area contributed by atoms with E-state index in [0.717, 1.165) is 31.8 Å². The van der Waals surface area contributed by atoms with Crippen LogP contribution in [0.2, 0.25) is 0 Å². The second-order valence-electron chi connectivity index (χ2n) is 6.57.